The first-order valence-electron chi connectivity index (χ1n) is 5.19. The highest BCUT2D eigenvalue weighted by atomic mass is 16.5. The van der Waals surface area contributed by atoms with E-state index in [2.05, 4.69) is 0 Å². The van der Waals surface area contributed by atoms with E-state index in [-0.39, 0.29) is 5.78 Å². The molecule has 0 aliphatic carbocycles. The average Bonchev–Trinajstić information content (AvgIpc) is 2.19. The number of rotatable bonds is 3. The van der Waals surface area contributed by atoms with Gasteiger partial charge in [0.15, 0.2) is 5.78 Å². The third-order valence-corrected chi connectivity index (χ3v) is 2.62. The molecule has 0 spiro atoms. The second-order valence-corrected chi connectivity index (χ2v) is 4.52. The minimum absolute atomic E-state index is 0.326. The van der Waals surface area contributed by atoms with Crippen LogP contribution in [0.2, 0.25) is 0 Å². The van der Waals surface area contributed by atoms with Gasteiger partial charge in [0, 0.05) is 0 Å². The van der Waals surface area contributed by atoms with Crippen LogP contribution in [0.5, 0.6) is 5.75 Å². The molecule has 0 atom stereocenters. The Hall–Kier alpha value is -1.35. The van der Waals surface area contributed by atoms with Crippen molar-refractivity contribution in [2.45, 2.75) is 33.3 Å². The van der Waals surface area contributed by atoms with Gasteiger partial charge >= 0.3 is 0 Å². The molecular weight excluding hydrogens is 204 g/mol. The smallest absolute Gasteiger partial charge is 0.197 e. The van der Waals surface area contributed by atoms with E-state index in [0.29, 0.717) is 11.3 Å². The highest BCUT2D eigenvalue weighted by Crippen LogP contribution is 2.26. The van der Waals surface area contributed by atoms with Crippen molar-refractivity contribution in [2.75, 3.05) is 7.11 Å². The number of hydrogen-bond acceptors (Lipinski definition) is 3. The molecule has 0 aliphatic rings. The van der Waals surface area contributed by atoms with Crippen molar-refractivity contribution in [3.8, 4) is 5.75 Å². The maximum Gasteiger partial charge on any atom is 0.197 e. The topological polar surface area (TPSA) is 46.5 Å². The zero-order chi connectivity index (χ0) is 12.5. The van der Waals surface area contributed by atoms with Crippen LogP contribution >= 0.6 is 0 Å². The summed E-state index contributed by atoms with van der Waals surface area (Å²) in [7, 11) is 1.52. The number of methoxy groups -OCH3 is 1. The second-order valence-electron chi connectivity index (χ2n) is 4.52. The first-order valence-corrected chi connectivity index (χ1v) is 5.19. The summed E-state index contributed by atoms with van der Waals surface area (Å²) in [5.41, 5.74) is 1.12. The number of carbonyl (C=O) groups is 1. The minimum atomic E-state index is -1.38. The van der Waals surface area contributed by atoms with Gasteiger partial charge in [0.25, 0.3) is 0 Å². The molecule has 0 aliphatic heterocycles. The van der Waals surface area contributed by atoms with Crippen LogP contribution in [-0.2, 0) is 0 Å². The summed E-state index contributed by atoms with van der Waals surface area (Å²) in [4.78, 5) is 12.0. The summed E-state index contributed by atoms with van der Waals surface area (Å²) >= 11 is 0. The standard InChI is InChI=1S/C13H18O3/c1-8-6-10(12(14)13(3,4)15)11(16-5)7-9(8)2/h6-7,15H,1-5H3. The van der Waals surface area contributed by atoms with Gasteiger partial charge in [0.1, 0.15) is 11.4 Å². The molecule has 1 aromatic rings. The Morgan fingerprint density at radius 1 is 1.25 bits per heavy atom. The fraction of sp³-hybridized carbons (Fsp3) is 0.462. The molecule has 3 heteroatoms. The molecule has 0 bridgehead atoms. The summed E-state index contributed by atoms with van der Waals surface area (Å²) in [5, 5.41) is 9.71. The van der Waals surface area contributed by atoms with Crippen molar-refractivity contribution in [2.24, 2.45) is 0 Å². The van der Waals surface area contributed by atoms with Gasteiger partial charge in [-0.2, -0.15) is 0 Å². The average molecular weight is 222 g/mol. The van der Waals surface area contributed by atoms with Gasteiger partial charge in [-0.25, -0.2) is 0 Å². The van der Waals surface area contributed by atoms with Gasteiger partial charge in [-0.3, -0.25) is 4.79 Å². The quantitative estimate of drug-likeness (QED) is 0.798. The molecule has 1 aromatic carbocycles. The Morgan fingerprint density at radius 2 is 1.75 bits per heavy atom. The first-order chi connectivity index (χ1) is 7.27. The lowest BCUT2D eigenvalue weighted by molar-refractivity contribution is 0.0485. The molecule has 1 N–H and O–H groups in total. The van der Waals surface area contributed by atoms with E-state index in [1.807, 2.05) is 19.9 Å². The van der Waals surface area contributed by atoms with Crippen molar-refractivity contribution < 1.29 is 14.6 Å². The molecule has 16 heavy (non-hydrogen) atoms. The van der Waals surface area contributed by atoms with Gasteiger partial charge in [-0.1, -0.05) is 0 Å². The van der Waals surface area contributed by atoms with Crippen LogP contribution in [0.4, 0.5) is 0 Å². The van der Waals surface area contributed by atoms with Crippen LogP contribution in [0.3, 0.4) is 0 Å². The maximum absolute atomic E-state index is 12.0. The number of aryl methyl sites for hydroxylation is 2. The molecule has 0 saturated carbocycles. The summed E-state index contributed by atoms with van der Waals surface area (Å²) in [6.07, 6.45) is 0. The number of hydrogen-bond donors (Lipinski definition) is 1. The summed E-state index contributed by atoms with van der Waals surface area (Å²) in [5.74, 6) is 0.183. The predicted molar refractivity (Wildman–Crippen MR) is 63.1 cm³/mol. The van der Waals surface area contributed by atoms with Gasteiger partial charge in [0.2, 0.25) is 0 Å². The number of ketones is 1. The van der Waals surface area contributed by atoms with E-state index in [4.69, 9.17) is 4.74 Å². The van der Waals surface area contributed by atoms with E-state index in [0.717, 1.165) is 11.1 Å². The maximum atomic E-state index is 12.0. The number of carbonyl (C=O) groups excluding carboxylic acids is 1. The number of benzene rings is 1. The molecule has 0 fully saturated rings. The lowest BCUT2D eigenvalue weighted by Gasteiger charge is -2.18. The Balaban J connectivity index is 3.33. The second kappa shape index (κ2) is 4.26. The fourth-order valence-corrected chi connectivity index (χ4v) is 1.47. The molecule has 0 amide bonds. The van der Waals surface area contributed by atoms with E-state index in [1.54, 1.807) is 6.07 Å². The van der Waals surface area contributed by atoms with Crippen LogP contribution in [0.25, 0.3) is 0 Å². The highest BCUT2D eigenvalue weighted by Gasteiger charge is 2.28. The van der Waals surface area contributed by atoms with Gasteiger partial charge < -0.3 is 9.84 Å². The fourth-order valence-electron chi connectivity index (χ4n) is 1.47. The van der Waals surface area contributed by atoms with Crippen LogP contribution < -0.4 is 4.74 Å². The van der Waals surface area contributed by atoms with Crippen LogP contribution in [0.1, 0.15) is 35.3 Å². The summed E-state index contributed by atoms with van der Waals surface area (Å²) < 4.78 is 5.17. The van der Waals surface area contributed by atoms with Gasteiger partial charge in [-0.05, 0) is 51.0 Å². The lowest BCUT2D eigenvalue weighted by Crippen LogP contribution is -2.31. The van der Waals surface area contributed by atoms with E-state index in [9.17, 15) is 9.90 Å². The molecule has 0 unspecified atom stereocenters. The SMILES string of the molecule is COc1cc(C)c(C)cc1C(=O)C(C)(C)O. The Labute approximate surface area is 96.1 Å². The van der Waals surface area contributed by atoms with E-state index in [1.165, 1.54) is 21.0 Å². The third-order valence-electron chi connectivity index (χ3n) is 2.62. The summed E-state index contributed by atoms with van der Waals surface area (Å²) in [6, 6.07) is 3.57. The molecule has 0 radical (unpaired) electrons. The van der Waals surface area contributed by atoms with Crippen LogP contribution in [-0.4, -0.2) is 23.6 Å². The zero-order valence-corrected chi connectivity index (χ0v) is 10.4. The molecule has 3 nitrogen and oxygen atoms in total. The largest absolute Gasteiger partial charge is 0.496 e. The lowest BCUT2D eigenvalue weighted by atomic mass is 9.93. The van der Waals surface area contributed by atoms with Crippen LogP contribution in [0.15, 0.2) is 12.1 Å². The monoisotopic (exact) mass is 222 g/mol. The van der Waals surface area contributed by atoms with Crippen LogP contribution in [0, 0.1) is 13.8 Å². The van der Waals surface area contributed by atoms with Crippen molar-refractivity contribution in [1.29, 1.82) is 0 Å². The molecular formula is C13H18O3. The van der Waals surface area contributed by atoms with Crippen molar-refractivity contribution in [3.63, 3.8) is 0 Å². The van der Waals surface area contributed by atoms with Crippen molar-refractivity contribution in [3.05, 3.63) is 28.8 Å². The van der Waals surface area contributed by atoms with Crippen molar-refractivity contribution in [1.82, 2.24) is 0 Å². The minimum Gasteiger partial charge on any atom is -0.496 e. The molecule has 88 valence electrons. The molecule has 1 rings (SSSR count). The first kappa shape index (κ1) is 12.7. The van der Waals surface area contributed by atoms with E-state index < -0.39 is 5.60 Å². The zero-order valence-electron chi connectivity index (χ0n) is 10.4. The molecule has 0 heterocycles. The predicted octanol–water partition coefficient (Wildman–Crippen LogP) is 2.27. The van der Waals surface area contributed by atoms with Gasteiger partial charge in [0.05, 0.1) is 12.7 Å². The van der Waals surface area contributed by atoms with Gasteiger partial charge in [-0.15, -0.1) is 0 Å². The molecule has 0 aromatic heterocycles. The Kier molecular flexibility index (Phi) is 3.38. The number of Topliss-reactive ketones (excluding diaryl/α,β-unsaturated/α-hetero) is 1. The Bertz CT molecular complexity index is 414. The summed E-state index contributed by atoms with van der Waals surface area (Å²) in [6.45, 7) is 6.83. The number of aliphatic hydroxyl groups is 1. The van der Waals surface area contributed by atoms with E-state index >= 15 is 0 Å². The number of ether oxygens (including phenoxy) is 1. The third kappa shape index (κ3) is 2.42. The van der Waals surface area contributed by atoms with Crippen molar-refractivity contribution >= 4 is 5.78 Å². The molecule has 0 saturated heterocycles. The highest BCUT2D eigenvalue weighted by molar-refractivity contribution is 6.04. The Morgan fingerprint density at radius 3 is 2.19 bits per heavy atom. The normalized spacial score (nSPS) is 11.4.